The van der Waals surface area contributed by atoms with Crippen LogP contribution in [0.25, 0.3) is 5.95 Å². The lowest BCUT2D eigenvalue weighted by Gasteiger charge is -2.11. The van der Waals surface area contributed by atoms with Gasteiger partial charge in [0, 0.05) is 28.2 Å². The molecule has 4 rings (SSSR count). The molecule has 3 heterocycles. The van der Waals surface area contributed by atoms with Gasteiger partial charge in [0.25, 0.3) is 11.9 Å². The summed E-state index contributed by atoms with van der Waals surface area (Å²) in [6, 6.07) is 12.6. The zero-order valence-corrected chi connectivity index (χ0v) is 19.6. The SMILES string of the molecule is Cc1cc(C)n(-c2nnc(SCC(=O)c3cc(C)n(NC(=O)c4ccccc4)c3C)n2N)n1. The number of nitrogen functional groups attached to an aromatic ring is 1. The maximum atomic E-state index is 12.9. The summed E-state index contributed by atoms with van der Waals surface area (Å²) in [6.45, 7) is 7.41. The third kappa shape index (κ3) is 4.40. The molecule has 0 unspecified atom stereocenters. The normalized spacial score (nSPS) is 11.0. The van der Waals surface area contributed by atoms with Crippen molar-refractivity contribution in [2.24, 2.45) is 0 Å². The molecule has 3 aromatic heterocycles. The van der Waals surface area contributed by atoms with E-state index >= 15 is 0 Å². The number of hydrogen-bond donors (Lipinski definition) is 2. The number of nitrogens with one attached hydrogen (secondary N) is 1. The first-order chi connectivity index (χ1) is 15.8. The molecule has 0 aliphatic rings. The van der Waals surface area contributed by atoms with Gasteiger partial charge in [0.05, 0.1) is 11.4 Å². The van der Waals surface area contributed by atoms with Crippen LogP contribution in [-0.4, -0.2) is 46.8 Å². The van der Waals surface area contributed by atoms with E-state index in [1.54, 1.807) is 46.6 Å². The summed E-state index contributed by atoms with van der Waals surface area (Å²) >= 11 is 1.19. The molecule has 170 valence electrons. The van der Waals surface area contributed by atoms with E-state index in [1.807, 2.05) is 32.9 Å². The van der Waals surface area contributed by atoms with Gasteiger partial charge in [-0.3, -0.25) is 19.7 Å². The third-order valence-electron chi connectivity index (χ3n) is 5.16. The van der Waals surface area contributed by atoms with Crippen molar-refractivity contribution in [3.8, 4) is 5.95 Å². The average molecular weight is 465 g/mol. The number of nitrogens with zero attached hydrogens (tertiary/aromatic N) is 6. The minimum Gasteiger partial charge on any atom is -0.334 e. The van der Waals surface area contributed by atoms with Crippen LogP contribution in [-0.2, 0) is 0 Å². The van der Waals surface area contributed by atoms with Gasteiger partial charge in [-0.2, -0.15) is 5.10 Å². The van der Waals surface area contributed by atoms with Crippen molar-refractivity contribution in [2.45, 2.75) is 32.9 Å². The monoisotopic (exact) mass is 464 g/mol. The van der Waals surface area contributed by atoms with Crippen molar-refractivity contribution in [2.75, 3.05) is 17.0 Å². The quantitative estimate of drug-likeness (QED) is 0.245. The second-order valence-corrected chi connectivity index (χ2v) is 8.57. The highest BCUT2D eigenvalue weighted by Crippen LogP contribution is 2.21. The maximum Gasteiger partial charge on any atom is 0.271 e. The second-order valence-electron chi connectivity index (χ2n) is 7.63. The predicted octanol–water partition coefficient (Wildman–Crippen LogP) is 2.57. The molecular formula is C22H24N8O2S. The van der Waals surface area contributed by atoms with E-state index in [0.717, 1.165) is 17.1 Å². The van der Waals surface area contributed by atoms with Crippen LogP contribution in [0, 0.1) is 27.7 Å². The Morgan fingerprint density at radius 3 is 2.42 bits per heavy atom. The van der Waals surface area contributed by atoms with E-state index in [9.17, 15) is 9.59 Å². The number of hydrogen-bond acceptors (Lipinski definition) is 7. The van der Waals surface area contributed by atoms with Crippen molar-refractivity contribution < 1.29 is 9.59 Å². The molecule has 33 heavy (non-hydrogen) atoms. The molecule has 0 bridgehead atoms. The van der Waals surface area contributed by atoms with Crippen molar-refractivity contribution in [1.29, 1.82) is 0 Å². The van der Waals surface area contributed by atoms with Crippen LogP contribution in [0.2, 0.25) is 0 Å². The Bertz CT molecular complexity index is 1340. The van der Waals surface area contributed by atoms with Crippen LogP contribution in [0.1, 0.15) is 43.5 Å². The molecule has 0 aliphatic carbocycles. The Balaban J connectivity index is 1.47. The van der Waals surface area contributed by atoms with E-state index < -0.39 is 0 Å². The fraction of sp³-hybridized carbons (Fsp3) is 0.227. The lowest BCUT2D eigenvalue weighted by Crippen LogP contribution is -2.25. The molecule has 0 radical (unpaired) electrons. The van der Waals surface area contributed by atoms with E-state index in [0.29, 0.717) is 27.9 Å². The largest absolute Gasteiger partial charge is 0.334 e. The molecule has 0 saturated heterocycles. The number of carbonyl (C=O) groups is 2. The van der Waals surface area contributed by atoms with Crippen molar-refractivity contribution in [3.05, 3.63) is 76.4 Å². The number of ketones is 1. The van der Waals surface area contributed by atoms with Crippen LogP contribution >= 0.6 is 11.8 Å². The maximum absolute atomic E-state index is 12.9. The fourth-order valence-electron chi connectivity index (χ4n) is 3.52. The predicted molar refractivity (Wildman–Crippen MR) is 126 cm³/mol. The lowest BCUT2D eigenvalue weighted by atomic mass is 10.2. The summed E-state index contributed by atoms with van der Waals surface area (Å²) in [7, 11) is 0. The smallest absolute Gasteiger partial charge is 0.271 e. The Hall–Kier alpha value is -3.86. The second kappa shape index (κ2) is 8.94. The number of benzene rings is 1. The molecule has 3 N–H and O–H groups in total. The number of Topliss-reactive ketones (excluding diaryl/α,β-unsaturated/α-hetero) is 1. The van der Waals surface area contributed by atoms with Crippen molar-refractivity contribution in [3.63, 3.8) is 0 Å². The zero-order valence-electron chi connectivity index (χ0n) is 18.7. The fourth-order valence-corrected chi connectivity index (χ4v) is 4.26. The molecule has 11 heteroatoms. The van der Waals surface area contributed by atoms with Gasteiger partial charge in [0.2, 0.25) is 5.16 Å². The van der Waals surface area contributed by atoms with Gasteiger partial charge in [-0.15, -0.1) is 10.2 Å². The summed E-state index contributed by atoms with van der Waals surface area (Å²) in [5, 5.41) is 13.0. The van der Waals surface area contributed by atoms with Crippen LogP contribution in [0.4, 0.5) is 0 Å². The van der Waals surface area contributed by atoms with Gasteiger partial charge in [0.1, 0.15) is 0 Å². The highest BCUT2D eigenvalue weighted by Gasteiger charge is 2.20. The first-order valence-electron chi connectivity index (χ1n) is 10.2. The summed E-state index contributed by atoms with van der Waals surface area (Å²) in [4.78, 5) is 25.5. The van der Waals surface area contributed by atoms with Crippen molar-refractivity contribution in [1.82, 2.24) is 29.3 Å². The van der Waals surface area contributed by atoms with Crippen LogP contribution in [0.15, 0.2) is 47.6 Å². The number of aromatic nitrogens is 6. The number of aryl methyl sites for hydroxylation is 3. The third-order valence-corrected chi connectivity index (χ3v) is 6.10. The van der Waals surface area contributed by atoms with Gasteiger partial charge in [-0.25, -0.2) is 9.36 Å². The highest BCUT2D eigenvalue weighted by atomic mass is 32.2. The molecule has 0 atom stereocenters. The van der Waals surface area contributed by atoms with Gasteiger partial charge in [-0.1, -0.05) is 30.0 Å². The number of rotatable bonds is 7. The van der Waals surface area contributed by atoms with E-state index in [2.05, 4.69) is 20.7 Å². The summed E-state index contributed by atoms with van der Waals surface area (Å²) in [5.74, 6) is 6.28. The van der Waals surface area contributed by atoms with E-state index in [1.165, 1.54) is 16.4 Å². The van der Waals surface area contributed by atoms with Crippen LogP contribution < -0.4 is 11.3 Å². The number of nitrogens with two attached hydrogens (primary N) is 1. The summed E-state index contributed by atoms with van der Waals surface area (Å²) in [5.41, 5.74) is 7.03. The van der Waals surface area contributed by atoms with Gasteiger partial charge >= 0.3 is 0 Å². The molecule has 0 aliphatic heterocycles. The topological polar surface area (TPSA) is 126 Å². The van der Waals surface area contributed by atoms with Crippen LogP contribution in [0.3, 0.4) is 0 Å². The first-order valence-corrected chi connectivity index (χ1v) is 11.2. The average Bonchev–Trinajstić information content (AvgIpc) is 3.42. The molecule has 0 saturated carbocycles. The zero-order chi connectivity index (χ0) is 23.7. The molecule has 4 aromatic rings. The Morgan fingerprint density at radius 1 is 1.03 bits per heavy atom. The van der Waals surface area contributed by atoms with Crippen molar-refractivity contribution >= 4 is 23.5 Å². The Kier molecular flexibility index (Phi) is 6.05. The Morgan fingerprint density at radius 2 is 1.76 bits per heavy atom. The minimum atomic E-state index is -0.251. The van der Waals surface area contributed by atoms with Gasteiger partial charge in [-0.05, 0) is 52.0 Å². The van der Waals surface area contributed by atoms with E-state index in [4.69, 9.17) is 5.84 Å². The number of amides is 1. The molecule has 10 nitrogen and oxygen atoms in total. The summed E-state index contributed by atoms with van der Waals surface area (Å²) in [6.07, 6.45) is 0. The van der Waals surface area contributed by atoms with Crippen LogP contribution in [0.5, 0.6) is 0 Å². The van der Waals surface area contributed by atoms with Gasteiger partial charge in [0.15, 0.2) is 5.78 Å². The molecule has 0 fully saturated rings. The highest BCUT2D eigenvalue weighted by molar-refractivity contribution is 7.99. The molecule has 1 aromatic carbocycles. The number of thioether (sulfide) groups is 1. The summed E-state index contributed by atoms with van der Waals surface area (Å²) < 4.78 is 4.55. The minimum absolute atomic E-state index is 0.107. The number of carbonyl (C=O) groups excluding carboxylic acids is 2. The standard InChI is InChI=1S/C22H24N8O2S/c1-13-10-14(2)30(26-13)21-24-25-22(28(21)23)33-12-19(31)18-11-15(3)29(16(18)4)27-20(32)17-8-6-5-7-9-17/h5-11H,12,23H2,1-4H3,(H,27,32). The van der Waals surface area contributed by atoms with Gasteiger partial charge < -0.3 is 5.84 Å². The molecular weight excluding hydrogens is 440 g/mol. The molecule has 0 spiro atoms. The Labute approximate surface area is 194 Å². The lowest BCUT2D eigenvalue weighted by molar-refractivity contribution is 0.0999. The van der Waals surface area contributed by atoms with E-state index in [-0.39, 0.29) is 17.4 Å². The first kappa shape index (κ1) is 22.3. The molecule has 1 amide bonds.